The Kier molecular flexibility index (Phi) is 4.83. The highest BCUT2D eigenvalue weighted by Crippen LogP contribution is 2.33. The lowest BCUT2D eigenvalue weighted by atomic mass is 10.1. The van der Waals surface area contributed by atoms with E-state index in [9.17, 15) is 9.59 Å². The van der Waals surface area contributed by atoms with Gasteiger partial charge in [-0.1, -0.05) is 23.7 Å². The highest BCUT2D eigenvalue weighted by molar-refractivity contribution is 6.30. The van der Waals surface area contributed by atoms with Crippen LogP contribution in [0.25, 0.3) is 6.08 Å². The normalized spacial score (nSPS) is 17.9. The summed E-state index contributed by atoms with van der Waals surface area (Å²) in [6, 6.07) is 12.2. The van der Waals surface area contributed by atoms with E-state index in [4.69, 9.17) is 21.1 Å². The third-order valence-corrected chi connectivity index (χ3v) is 4.60. The van der Waals surface area contributed by atoms with Crippen LogP contribution in [0.15, 0.2) is 48.2 Å². The number of halogens is 1. The lowest BCUT2D eigenvalue weighted by Crippen LogP contribution is -2.40. The van der Waals surface area contributed by atoms with E-state index in [0.717, 1.165) is 5.56 Å². The van der Waals surface area contributed by atoms with Crippen LogP contribution in [0.2, 0.25) is 5.02 Å². The SMILES string of the molecule is O=C1Nc2cc(C(=O)N3CCOCC3)ccc2O/C1=C\c1cccc(Cl)c1. The van der Waals surface area contributed by atoms with Gasteiger partial charge in [0.15, 0.2) is 11.5 Å². The summed E-state index contributed by atoms with van der Waals surface area (Å²) >= 11 is 5.98. The molecule has 6 nitrogen and oxygen atoms in total. The molecule has 4 rings (SSSR count). The summed E-state index contributed by atoms with van der Waals surface area (Å²) in [6.45, 7) is 2.19. The molecule has 1 saturated heterocycles. The molecule has 2 aromatic rings. The number of morpholine rings is 1. The van der Waals surface area contributed by atoms with E-state index in [1.54, 1.807) is 47.4 Å². The summed E-state index contributed by atoms with van der Waals surface area (Å²) in [5.41, 5.74) is 1.74. The molecule has 138 valence electrons. The quantitative estimate of drug-likeness (QED) is 0.807. The molecule has 2 aliphatic heterocycles. The average molecular weight is 385 g/mol. The first-order chi connectivity index (χ1) is 13.1. The van der Waals surface area contributed by atoms with Gasteiger partial charge in [0, 0.05) is 23.7 Å². The maximum Gasteiger partial charge on any atom is 0.291 e. The fraction of sp³-hybridized carbons (Fsp3) is 0.200. The predicted molar refractivity (Wildman–Crippen MR) is 102 cm³/mol. The topological polar surface area (TPSA) is 67.9 Å². The van der Waals surface area contributed by atoms with E-state index < -0.39 is 0 Å². The summed E-state index contributed by atoms with van der Waals surface area (Å²) in [6.07, 6.45) is 1.62. The number of benzene rings is 2. The number of ether oxygens (including phenoxy) is 2. The van der Waals surface area contributed by atoms with Crippen LogP contribution in [0.4, 0.5) is 5.69 Å². The molecule has 2 aromatic carbocycles. The molecule has 0 radical (unpaired) electrons. The molecular formula is C20H17ClN2O4. The molecule has 0 atom stereocenters. The van der Waals surface area contributed by atoms with Crippen LogP contribution in [0.1, 0.15) is 15.9 Å². The molecule has 0 saturated carbocycles. The number of nitrogens with one attached hydrogen (secondary N) is 1. The number of hydrogen-bond acceptors (Lipinski definition) is 4. The predicted octanol–water partition coefficient (Wildman–Crippen LogP) is 3.18. The Bertz CT molecular complexity index is 935. The van der Waals surface area contributed by atoms with Crippen molar-refractivity contribution < 1.29 is 19.1 Å². The molecule has 7 heteroatoms. The van der Waals surface area contributed by atoms with Crippen molar-refractivity contribution in [2.75, 3.05) is 31.6 Å². The molecule has 27 heavy (non-hydrogen) atoms. The monoisotopic (exact) mass is 384 g/mol. The number of nitrogens with zero attached hydrogens (tertiary/aromatic N) is 1. The van der Waals surface area contributed by atoms with E-state index >= 15 is 0 Å². The number of carbonyl (C=O) groups is 2. The third-order valence-electron chi connectivity index (χ3n) is 4.36. The molecule has 0 unspecified atom stereocenters. The minimum Gasteiger partial charge on any atom is -0.449 e. The zero-order valence-corrected chi connectivity index (χ0v) is 15.2. The van der Waals surface area contributed by atoms with Gasteiger partial charge in [-0.25, -0.2) is 0 Å². The summed E-state index contributed by atoms with van der Waals surface area (Å²) in [4.78, 5) is 26.7. The highest BCUT2D eigenvalue weighted by Gasteiger charge is 2.25. The van der Waals surface area contributed by atoms with Crippen LogP contribution >= 0.6 is 11.6 Å². The summed E-state index contributed by atoms with van der Waals surface area (Å²) in [7, 11) is 0. The van der Waals surface area contributed by atoms with Crippen molar-refractivity contribution in [2.24, 2.45) is 0 Å². The van der Waals surface area contributed by atoms with Gasteiger partial charge in [-0.3, -0.25) is 9.59 Å². The summed E-state index contributed by atoms with van der Waals surface area (Å²) in [5.74, 6) is 0.187. The van der Waals surface area contributed by atoms with Crippen molar-refractivity contribution >= 4 is 35.2 Å². The minimum atomic E-state index is -0.376. The van der Waals surface area contributed by atoms with Crippen molar-refractivity contribution in [1.82, 2.24) is 4.90 Å². The molecular weight excluding hydrogens is 368 g/mol. The first-order valence-electron chi connectivity index (χ1n) is 8.58. The van der Waals surface area contributed by atoms with Crippen LogP contribution in [0.5, 0.6) is 5.75 Å². The molecule has 2 aliphatic rings. The van der Waals surface area contributed by atoms with E-state index in [2.05, 4.69) is 5.32 Å². The van der Waals surface area contributed by atoms with Crippen LogP contribution in [-0.2, 0) is 9.53 Å². The number of fused-ring (bicyclic) bond motifs is 1. The molecule has 0 bridgehead atoms. The summed E-state index contributed by atoms with van der Waals surface area (Å²) < 4.78 is 11.0. The maximum absolute atomic E-state index is 12.6. The Morgan fingerprint density at radius 1 is 1.15 bits per heavy atom. The minimum absolute atomic E-state index is 0.0874. The van der Waals surface area contributed by atoms with Crippen molar-refractivity contribution in [3.63, 3.8) is 0 Å². The van der Waals surface area contributed by atoms with Gasteiger partial charge in [0.25, 0.3) is 11.8 Å². The van der Waals surface area contributed by atoms with Gasteiger partial charge in [-0.15, -0.1) is 0 Å². The molecule has 1 fully saturated rings. The van der Waals surface area contributed by atoms with Gasteiger partial charge in [0.05, 0.1) is 18.9 Å². The highest BCUT2D eigenvalue weighted by atomic mass is 35.5. The lowest BCUT2D eigenvalue weighted by Gasteiger charge is -2.27. The van der Waals surface area contributed by atoms with Crippen molar-refractivity contribution in [3.05, 3.63) is 64.4 Å². The molecule has 1 N–H and O–H groups in total. The molecule has 0 spiro atoms. The number of anilines is 1. The van der Waals surface area contributed by atoms with Gasteiger partial charge in [0.2, 0.25) is 0 Å². The molecule has 0 aromatic heterocycles. The Morgan fingerprint density at radius 3 is 2.74 bits per heavy atom. The van der Waals surface area contributed by atoms with Crippen molar-refractivity contribution in [3.8, 4) is 5.75 Å². The van der Waals surface area contributed by atoms with Crippen LogP contribution < -0.4 is 10.1 Å². The second kappa shape index (κ2) is 7.42. The Labute approximate surface area is 161 Å². The lowest BCUT2D eigenvalue weighted by molar-refractivity contribution is -0.115. The van der Waals surface area contributed by atoms with Crippen molar-refractivity contribution in [1.29, 1.82) is 0 Å². The molecule has 2 heterocycles. The number of hydrogen-bond donors (Lipinski definition) is 1. The average Bonchev–Trinajstić information content (AvgIpc) is 2.68. The van der Waals surface area contributed by atoms with E-state index in [0.29, 0.717) is 48.3 Å². The zero-order valence-electron chi connectivity index (χ0n) is 14.4. The fourth-order valence-corrected chi connectivity index (χ4v) is 3.19. The first-order valence-corrected chi connectivity index (χ1v) is 8.95. The number of rotatable bonds is 2. The summed E-state index contributed by atoms with van der Waals surface area (Å²) in [5, 5.41) is 3.36. The second-order valence-electron chi connectivity index (χ2n) is 6.24. The zero-order chi connectivity index (χ0) is 18.8. The number of amides is 2. The van der Waals surface area contributed by atoms with Crippen LogP contribution in [0.3, 0.4) is 0 Å². The van der Waals surface area contributed by atoms with Gasteiger partial charge in [-0.05, 0) is 42.0 Å². The Morgan fingerprint density at radius 2 is 1.96 bits per heavy atom. The standard InChI is InChI=1S/C20H17ClN2O4/c21-15-3-1-2-13(10-15)11-18-19(24)22-16-12-14(4-5-17(16)27-18)20(25)23-6-8-26-9-7-23/h1-5,10-12H,6-9H2,(H,22,24)/b18-11-. The van der Waals surface area contributed by atoms with Gasteiger partial charge < -0.3 is 19.7 Å². The second-order valence-corrected chi connectivity index (χ2v) is 6.67. The molecule has 0 aliphatic carbocycles. The largest absolute Gasteiger partial charge is 0.449 e. The Hall–Kier alpha value is -2.83. The van der Waals surface area contributed by atoms with Gasteiger partial charge in [0.1, 0.15) is 0 Å². The van der Waals surface area contributed by atoms with Crippen molar-refractivity contribution in [2.45, 2.75) is 0 Å². The van der Waals surface area contributed by atoms with E-state index in [1.165, 1.54) is 0 Å². The third kappa shape index (κ3) is 3.82. The Balaban J connectivity index is 1.57. The van der Waals surface area contributed by atoms with Gasteiger partial charge in [-0.2, -0.15) is 0 Å². The number of carbonyl (C=O) groups excluding carboxylic acids is 2. The van der Waals surface area contributed by atoms with Crippen LogP contribution in [0, 0.1) is 0 Å². The first kappa shape index (κ1) is 17.6. The maximum atomic E-state index is 12.6. The molecule has 2 amide bonds. The van der Waals surface area contributed by atoms with Gasteiger partial charge >= 0.3 is 0 Å². The van der Waals surface area contributed by atoms with E-state index in [1.807, 2.05) is 6.07 Å². The fourth-order valence-electron chi connectivity index (χ4n) is 2.99. The van der Waals surface area contributed by atoms with Crippen LogP contribution in [-0.4, -0.2) is 43.0 Å². The smallest absolute Gasteiger partial charge is 0.291 e. The van der Waals surface area contributed by atoms with E-state index in [-0.39, 0.29) is 17.6 Å².